The molecule has 0 aromatic heterocycles. The topological polar surface area (TPSA) is 20.3 Å². The third kappa shape index (κ3) is 2.43. The predicted octanol–water partition coefficient (Wildman–Crippen LogP) is 3.57. The van der Waals surface area contributed by atoms with Crippen molar-refractivity contribution in [1.82, 2.24) is 4.90 Å². The van der Waals surface area contributed by atoms with E-state index in [4.69, 9.17) is 0 Å². The zero-order chi connectivity index (χ0) is 13.1. The lowest BCUT2D eigenvalue weighted by atomic mass is 10.0. The van der Waals surface area contributed by atoms with Crippen LogP contribution in [0.25, 0.3) is 0 Å². The second-order valence-electron chi connectivity index (χ2n) is 5.39. The van der Waals surface area contributed by atoms with Crippen LogP contribution in [0.5, 0.6) is 0 Å². The van der Waals surface area contributed by atoms with E-state index in [0.29, 0.717) is 5.91 Å². The molecule has 2 rings (SSSR count). The van der Waals surface area contributed by atoms with Crippen molar-refractivity contribution in [2.24, 2.45) is 5.92 Å². The van der Waals surface area contributed by atoms with E-state index in [2.05, 4.69) is 31.2 Å². The van der Waals surface area contributed by atoms with Gasteiger partial charge in [0.25, 0.3) is 0 Å². The molecule has 0 N–H and O–H groups in total. The van der Waals surface area contributed by atoms with E-state index < -0.39 is 0 Å². The van der Waals surface area contributed by atoms with Gasteiger partial charge in [0, 0.05) is 13.0 Å². The fourth-order valence-electron chi connectivity index (χ4n) is 2.99. The standard InChI is InChI=1S/C16H23NO/c1-4-7-12(2)16(18)17(3)15-11-10-13-8-5-6-9-14(13)15/h5-6,8-9,12,15H,4,7,10-11H2,1-3H3. The summed E-state index contributed by atoms with van der Waals surface area (Å²) in [5.41, 5.74) is 2.75. The van der Waals surface area contributed by atoms with Crippen molar-refractivity contribution >= 4 is 5.91 Å². The SMILES string of the molecule is CCCC(C)C(=O)N(C)C1CCc2ccccc21. The average Bonchev–Trinajstić information content (AvgIpc) is 2.81. The molecule has 0 heterocycles. The Morgan fingerprint density at radius 1 is 1.44 bits per heavy atom. The zero-order valence-electron chi connectivity index (χ0n) is 11.6. The molecular formula is C16H23NO. The minimum absolute atomic E-state index is 0.146. The van der Waals surface area contributed by atoms with Gasteiger partial charge in [-0.3, -0.25) is 4.79 Å². The first-order valence-electron chi connectivity index (χ1n) is 6.99. The number of carbonyl (C=O) groups is 1. The van der Waals surface area contributed by atoms with Crippen molar-refractivity contribution in [2.45, 2.75) is 45.6 Å². The molecule has 2 atom stereocenters. The van der Waals surface area contributed by atoms with Crippen molar-refractivity contribution in [3.63, 3.8) is 0 Å². The Bertz CT molecular complexity index is 427. The Hall–Kier alpha value is -1.31. The van der Waals surface area contributed by atoms with Gasteiger partial charge in [0.2, 0.25) is 5.91 Å². The molecular weight excluding hydrogens is 222 g/mol. The molecule has 98 valence electrons. The van der Waals surface area contributed by atoms with E-state index in [-0.39, 0.29) is 12.0 Å². The molecule has 2 nitrogen and oxygen atoms in total. The summed E-state index contributed by atoms with van der Waals surface area (Å²) >= 11 is 0. The van der Waals surface area contributed by atoms with Crippen molar-refractivity contribution in [1.29, 1.82) is 0 Å². The number of rotatable bonds is 4. The van der Waals surface area contributed by atoms with E-state index >= 15 is 0 Å². The van der Waals surface area contributed by atoms with Gasteiger partial charge in [0.05, 0.1) is 6.04 Å². The summed E-state index contributed by atoms with van der Waals surface area (Å²) in [7, 11) is 1.96. The Labute approximate surface area is 110 Å². The molecule has 0 bridgehead atoms. The minimum Gasteiger partial charge on any atom is -0.338 e. The van der Waals surface area contributed by atoms with Crippen molar-refractivity contribution < 1.29 is 4.79 Å². The summed E-state index contributed by atoms with van der Waals surface area (Å²) in [5.74, 6) is 0.436. The number of benzene rings is 1. The third-order valence-corrected chi connectivity index (χ3v) is 4.06. The summed E-state index contributed by atoms with van der Waals surface area (Å²) in [6.45, 7) is 4.18. The molecule has 1 amide bonds. The van der Waals surface area contributed by atoms with Gasteiger partial charge in [-0.1, -0.05) is 44.5 Å². The maximum absolute atomic E-state index is 12.4. The van der Waals surface area contributed by atoms with Crippen molar-refractivity contribution in [3.8, 4) is 0 Å². The van der Waals surface area contributed by atoms with E-state index in [9.17, 15) is 4.79 Å². The van der Waals surface area contributed by atoms with E-state index in [1.54, 1.807) is 0 Å². The molecule has 0 saturated heterocycles. The molecule has 1 aromatic rings. The van der Waals surface area contributed by atoms with Crippen LogP contribution in [0.15, 0.2) is 24.3 Å². The molecule has 1 aliphatic rings. The van der Waals surface area contributed by atoms with Gasteiger partial charge in [0.1, 0.15) is 0 Å². The molecule has 0 aliphatic heterocycles. The number of nitrogens with zero attached hydrogens (tertiary/aromatic N) is 1. The quantitative estimate of drug-likeness (QED) is 0.794. The summed E-state index contributed by atoms with van der Waals surface area (Å²) in [6, 6.07) is 8.80. The second kappa shape index (κ2) is 5.55. The van der Waals surface area contributed by atoms with Gasteiger partial charge < -0.3 is 4.90 Å². The zero-order valence-corrected chi connectivity index (χ0v) is 11.6. The number of carbonyl (C=O) groups excluding carboxylic acids is 1. The highest BCUT2D eigenvalue weighted by Crippen LogP contribution is 2.35. The first kappa shape index (κ1) is 13.1. The normalized spacial score (nSPS) is 19.4. The largest absolute Gasteiger partial charge is 0.338 e. The number of aryl methyl sites for hydroxylation is 1. The highest BCUT2D eigenvalue weighted by molar-refractivity contribution is 5.78. The first-order chi connectivity index (χ1) is 8.65. The maximum Gasteiger partial charge on any atom is 0.225 e. The molecule has 2 unspecified atom stereocenters. The van der Waals surface area contributed by atoms with E-state index in [1.807, 2.05) is 18.9 Å². The number of fused-ring (bicyclic) bond motifs is 1. The van der Waals surface area contributed by atoms with Crippen LogP contribution < -0.4 is 0 Å². The molecule has 0 fully saturated rings. The summed E-state index contributed by atoms with van der Waals surface area (Å²) < 4.78 is 0. The number of hydrogen-bond donors (Lipinski definition) is 0. The van der Waals surface area contributed by atoms with Gasteiger partial charge in [-0.2, -0.15) is 0 Å². The van der Waals surface area contributed by atoms with Crippen LogP contribution in [0.2, 0.25) is 0 Å². The van der Waals surface area contributed by atoms with E-state index in [0.717, 1.165) is 25.7 Å². The summed E-state index contributed by atoms with van der Waals surface area (Å²) in [6.07, 6.45) is 4.22. The highest BCUT2D eigenvalue weighted by Gasteiger charge is 2.29. The highest BCUT2D eigenvalue weighted by atomic mass is 16.2. The Morgan fingerprint density at radius 3 is 2.89 bits per heavy atom. The van der Waals surface area contributed by atoms with Crippen LogP contribution in [0, 0.1) is 5.92 Å². The monoisotopic (exact) mass is 245 g/mol. The lowest BCUT2D eigenvalue weighted by molar-refractivity contribution is -0.136. The molecule has 1 aliphatic carbocycles. The Balaban J connectivity index is 2.11. The van der Waals surface area contributed by atoms with Gasteiger partial charge in [-0.15, -0.1) is 0 Å². The van der Waals surface area contributed by atoms with Gasteiger partial charge in [-0.05, 0) is 30.4 Å². The molecule has 1 aromatic carbocycles. The Kier molecular flexibility index (Phi) is 4.05. The van der Waals surface area contributed by atoms with Crippen molar-refractivity contribution in [3.05, 3.63) is 35.4 Å². The van der Waals surface area contributed by atoms with Crippen LogP contribution in [-0.4, -0.2) is 17.9 Å². The minimum atomic E-state index is 0.146. The predicted molar refractivity (Wildman–Crippen MR) is 74.3 cm³/mol. The fourth-order valence-corrected chi connectivity index (χ4v) is 2.99. The smallest absolute Gasteiger partial charge is 0.225 e. The number of amides is 1. The van der Waals surface area contributed by atoms with E-state index in [1.165, 1.54) is 11.1 Å². The maximum atomic E-state index is 12.4. The van der Waals surface area contributed by atoms with Gasteiger partial charge in [0.15, 0.2) is 0 Å². The second-order valence-corrected chi connectivity index (χ2v) is 5.39. The fraction of sp³-hybridized carbons (Fsp3) is 0.562. The summed E-state index contributed by atoms with van der Waals surface area (Å²) in [4.78, 5) is 14.3. The molecule has 0 spiro atoms. The van der Waals surface area contributed by atoms with Crippen LogP contribution in [0.1, 0.15) is 50.3 Å². The molecule has 2 heteroatoms. The molecule has 0 saturated carbocycles. The summed E-state index contributed by atoms with van der Waals surface area (Å²) in [5, 5.41) is 0. The van der Waals surface area contributed by atoms with Crippen molar-refractivity contribution in [2.75, 3.05) is 7.05 Å². The van der Waals surface area contributed by atoms with Crippen LogP contribution in [0.3, 0.4) is 0 Å². The van der Waals surface area contributed by atoms with Crippen LogP contribution in [0.4, 0.5) is 0 Å². The molecule has 0 radical (unpaired) electrons. The lowest BCUT2D eigenvalue weighted by Gasteiger charge is -2.28. The first-order valence-corrected chi connectivity index (χ1v) is 6.99. The Morgan fingerprint density at radius 2 is 2.17 bits per heavy atom. The average molecular weight is 245 g/mol. The van der Waals surface area contributed by atoms with Gasteiger partial charge >= 0.3 is 0 Å². The third-order valence-electron chi connectivity index (χ3n) is 4.06. The van der Waals surface area contributed by atoms with Crippen LogP contribution >= 0.6 is 0 Å². The van der Waals surface area contributed by atoms with Crippen LogP contribution in [-0.2, 0) is 11.2 Å². The molecule has 18 heavy (non-hydrogen) atoms. The lowest BCUT2D eigenvalue weighted by Crippen LogP contribution is -2.34. The van der Waals surface area contributed by atoms with Gasteiger partial charge in [-0.25, -0.2) is 0 Å². The number of hydrogen-bond acceptors (Lipinski definition) is 1.